The average Bonchev–Trinajstić information content (AvgIpc) is 3.16. The summed E-state index contributed by atoms with van der Waals surface area (Å²) in [4.78, 5) is 16.3. The highest BCUT2D eigenvalue weighted by Crippen LogP contribution is 2.38. The van der Waals surface area contributed by atoms with Gasteiger partial charge in [-0.2, -0.15) is 0 Å². The summed E-state index contributed by atoms with van der Waals surface area (Å²) in [5, 5.41) is 9.97. The van der Waals surface area contributed by atoms with E-state index in [1.165, 1.54) is 27.8 Å². The highest BCUT2D eigenvalue weighted by atomic mass is 32.2. The number of aromatic nitrogens is 1. The van der Waals surface area contributed by atoms with E-state index in [1.807, 2.05) is 39.0 Å². The van der Waals surface area contributed by atoms with Gasteiger partial charge in [0, 0.05) is 0 Å². The minimum absolute atomic E-state index is 0.0194. The fourth-order valence-corrected chi connectivity index (χ4v) is 6.27. The number of para-hydroxylation sites is 1. The average molecular weight is 467 g/mol. The second-order valence-corrected chi connectivity index (χ2v) is 10.6. The van der Waals surface area contributed by atoms with Crippen LogP contribution in [0.25, 0.3) is 10.2 Å². The number of sulfonamides is 1. The molecule has 6 nitrogen and oxygen atoms in total. The van der Waals surface area contributed by atoms with Crippen LogP contribution in [0.2, 0.25) is 0 Å². The predicted molar refractivity (Wildman–Crippen MR) is 128 cm³/mol. The Balaban J connectivity index is 1.93. The van der Waals surface area contributed by atoms with Crippen LogP contribution in [0, 0.1) is 6.92 Å². The summed E-state index contributed by atoms with van der Waals surface area (Å²) in [5.41, 5.74) is 2.74. The fraction of sp³-hybridized carbons (Fsp3) is 0.167. The molecule has 0 atom stereocenters. The lowest BCUT2D eigenvalue weighted by molar-refractivity contribution is 0.0695. The first kappa shape index (κ1) is 22.0. The number of hydrogen-bond acceptors (Lipinski definition) is 5. The number of anilines is 2. The van der Waals surface area contributed by atoms with Crippen molar-refractivity contribution in [2.45, 2.75) is 31.6 Å². The van der Waals surface area contributed by atoms with Crippen molar-refractivity contribution in [1.82, 2.24) is 4.98 Å². The van der Waals surface area contributed by atoms with Crippen molar-refractivity contribution in [1.29, 1.82) is 0 Å². The highest BCUT2D eigenvalue weighted by molar-refractivity contribution is 7.93. The molecule has 0 spiro atoms. The van der Waals surface area contributed by atoms with Gasteiger partial charge in [0.2, 0.25) is 5.13 Å². The number of hydrogen-bond donors (Lipinski definition) is 1. The highest BCUT2D eigenvalue weighted by Gasteiger charge is 2.31. The number of benzene rings is 3. The standard InChI is InChI=1S/C24H22N2O4S2/c1-15(2)19-11-10-18(14-20(19)23(27)28)32(29,30)26(17-7-5-4-6-8-17)24-25-21-12-9-16(3)13-22(21)31-24/h4-15H,1-3H3,(H,27,28). The molecule has 0 aliphatic heterocycles. The fourth-order valence-electron chi connectivity index (χ4n) is 3.51. The van der Waals surface area contributed by atoms with Gasteiger partial charge in [0.1, 0.15) is 0 Å². The molecule has 1 N–H and O–H groups in total. The second kappa shape index (κ2) is 8.37. The van der Waals surface area contributed by atoms with Crippen LogP contribution in [-0.4, -0.2) is 24.5 Å². The van der Waals surface area contributed by atoms with Gasteiger partial charge in [0.05, 0.1) is 26.4 Å². The molecule has 0 fully saturated rings. The zero-order chi connectivity index (χ0) is 23.0. The van der Waals surface area contributed by atoms with Gasteiger partial charge in [-0.1, -0.05) is 55.5 Å². The molecular weight excluding hydrogens is 444 g/mol. The Morgan fingerprint density at radius 3 is 2.41 bits per heavy atom. The van der Waals surface area contributed by atoms with Crippen molar-refractivity contribution in [3.05, 3.63) is 83.4 Å². The monoisotopic (exact) mass is 466 g/mol. The summed E-state index contributed by atoms with van der Waals surface area (Å²) >= 11 is 1.27. The van der Waals surface area contributed by atoms with Gasteiger partial charge in [-0.05, 0) is 60.4 Å². The first-order valence-electron chi connectivity index (χ1n) is 10.0. The molecule has 0 amide bonds. The minimum Gasteiger partial charge on any atom is -0.478 e. The van der Waals surface area contributed by atoms with Gasteiger partial charge in [-0.25, -0.2) is 22.5 Å². The van der Waals surface area contributed by atoms with Gasteiger partial charge in [-0.15, -0.1) is 0 Å². The van der Waals surface area contributed by atoms with E-state index in [-0.39, 0.29) is 16.4 Å². The van der Waals surface area contributed by atoms with E-state index in [0.29, 0.717) is 21.9 Å². The summed E-state index contributed by atoms with van der Waals surface area (Å²) in [6.45, 7) is 5.71. The van der Waals surface area contributed by atoms with Gasteiger partial charge < -0.3 is 5.11 Å². The number of aryl methyl sites for hydroxylation is 1. The van der Waals surface area contributed by atoms with Crippen LogP contribution in [0.3, 0.4) is 0 Å². The number of thiazole rings is 1. The number of fused-ring (bicyclic) bond motifs is 1. The van der Waals surface area contributed by atoms with Crippen molar-refractivity contribution in [2.75, 3.05) is 4.31 Å². The lowest BCUT2D eigenvalue weighted by Gasteiger charge is -2.22. The number of aromatic carboxylic acids is 1. The SMILES string of the molecule is Cc1ccc2nc(N(c3ccccc3)S(=O)(=O)c3ccc(C(C)C)c(C(=O)O)c3)sc2c1. The third-order valence-corrected chi connectivity index (χ3v) is 7.95. The first-order valence-corrected chi connectivity index (χ1v) is 12.3. The Kier molecular flexibility index (Phi) is 5.75. The molecule has 164 valence electrons. The summed E-state index contributed by atoms with van der Waals surface area (Å²) in [6, 6.07) is 18.7. The van der Waals surface area contributed by atoms with E-state index in [4.69, 9.17) is 0 Å². The topological polar surface area (TPSA) is 87.6 Å². The van der Waals surface area contributed by atoms with Crippen molar-refractivity contribution in [3.63, 3.8) is 0 Å². The summed E-state index contributed by atoms with van der Waals surface area (Å²) < 4.78 is 29.7. The molecule has 4 rings (SSSR count). The van der Waals surface area contributed by atoms with E-state index < -0.39 is 16.0 Å². The molecule has 3 aromatic carbocycles. The van der Waals surface area contributed by atoms with Crippen LogP contribution < -0.4 is 4.31 Å². The Morgan fingerprint density at radius 1 is 1.03 bits per heavy atom. The number of carboxylic acids is 1. The molecule has 0 saturated carbocycles. The molecule has 4 aromatic rings. The Morgan fingerprint density at radius 2 is 1.75 bits per heavy atom. The maximum atomic E-state index is 13.8. The normalized spacial score (nSPS) is 11.8. The maximum absolute atomic E-state index is 13.8. The quantitative estimate of drug-likeness (QED) is 0.379. The molecule has 1 heterocycles. The molecule has 0 unspecified atom stereocenters. The van der Waals surface area contributed by atoms with Crippen molar-refractivity contribution < 1.29 is 18.3 Å². The lowest BCUT2D eigenvalue weighted by Crippen LogP contribution is -2.26. The summed E-state index contributed by atoms with van der Waals surface area (Å²) in [6.07, 6.45) is 0. The molecule has 32 heavy (non-hydrogen) atoms. The van der Waals surface area contributed by atoms with Crippen LogP contribution in [0.4, 0.5) is 10.8 Å². The summed E-state index contributed by atoms with van der Waals surface area (Å²) in [5.74, 6) is -1.22. The molecule has 0 saturated heterocycles. The Hall–Kier alpha value is -3.23. The summed E-state index contributed by atoms with van der Waals surface area (Å²) in [7, 11) is -4.15. The van der Waals surface area contributed by atoms with Gasteiger partial charge in [-0.3, -0.25) is 0 Å². The lowest BCUT2D eigenvalue weighted by atomic mass is 9.97. The molecule has 0 radical (unpaired) electrons. The van der Waals surface area contributed by atoms with Crippen LogP contribution in [0.1, 0.15) is 41.3 Å². The van der Waals surface area contributed by atoms with Crippen molar-refractivity contribution in [3.8, 4) is 0 Å². The Labute approximate surface area is 190 Å². The number of carbonyl (C=O) groups is 1. The van der Waals surface area contributed by atoms with E-state index in [2.05, 4.69) is 4.98 Å². The minimum atomic E-state index is -4.15. The van der Waals surface area contributed by atoms with Crippen LogP contribution in [-0.2, 0) is 10.0 Å². The largest absolute Gasteiger partial charge is 0.478 e. The smallest absolute Gasteiger partial charge is 0.336 e. The molecule has 0 bridgehead atoms. The third kappa shape index (κ3) is 3.99. The zero-order valence-corrected chi connectivity index (χ0v) is 19.4. The van der Waals surface area contributed by atoms with Gasteiger partial charge in [0.25, 0.3) is 10.0 Å². The zero-order valence-electron chi connectivity index (χ0n) is 17.8. The molecular formula is C24H22N2O4S2. The second-order valence-electron chi connectivity index (χ2n) is 7.78. The maximum Gasteiger partial charge on any atom is 0.336 e. The molecule has 1 aromatic heterocycles. The first-order chi connectivity index (χ1) is 15.2. The number of rotatable bonds is 6. The van der Waals surface area contributed by atoms with Crippen LogP contribution in [0.15, 0.2) is 71.6 Å². The van der Waals surface area contributed by atoms with E-state index in [1.54, 1.807) is 36.4 Å². The Bertz CT molecular complexity index is 1410. The number of nitrogens with zero attached hydrogens (tertiary/aromatic N) is 2. The molecule has 0 aliphatic carbocycles. The van der Waals surface area contributed by atoms with Crippen LogP contribution in [0.5, 0.6) is 0 Å². The number of carboxylic acid groups (broad SMARTS) is 1. The van der Waals surface area contributed by atoms with Gasteiger partial charge >= 0.3 is 5.97 Å². The van der Waals surface area contributed by atoms with Crippen molar-refractivity contribution in [2.24, 2.45) is 0 Å². The third-order valence-electron chi connectivity index (χ3n) is 5.11. The van der Waals surface area contributed by atoms with Crippen LogP contribution >= 0.6 is 11.3 Å². The molecule has 0 aliphatic rings. The molecule has 8 heteroatoms. The predicted octanol–water partition coefficient (Wildman–Crippen LogP) is 5.95. The van der Waals surface area contributed by atoms with Crippen molar-refractivity contribution >= 4 is 48.4 Å². The van der Waals surface area contributed by atoms with E-state index >= 15 is 0 Å². The van der Waals surface area contributed by atoms with E-state index in [0.717, 1.165) is 10.3 Å². The van der Waals surface area contributed by atoms with E-state index in [9.17, 15) is 18.3 Å². The van der Waals surface area contributed by atoms with Gasteiger partial charge in [0.15, 0.2) is 0 Å².